The van der Waals surface area contributed by atoms with E-state index in [2.05, 4.69) is 5.32 Å². The number of Topliss-reactive ketones (excluding diaryl/α,β-unsaturated/α-hetero) is 1. The maximum Gasteiger partial charge on any atom is 0.337 e. The molecule has 2 aromatic carbocycles. The van der Waals surface area contributed by atoms with Crippen LogP contribution in [0.3, 0.4) is 0 Å². The van der Waals surface area contributed by atoms with E-state index in [1.54, 1.807) is 14.2 Å². The highest BCUT2D eigenvalue weighted by Crippen LogP contribution is 2.46. The normalized spacial score (nSPS) is 20.4. The van der Waals surface area contributed by atoms with Gasteiger partial charge in [0.2, 0.25) is 0 Å². The Labute approximate surface area is 213 Å². The number of hydrogen-bond acceptors (Lipinski definition) is 6. The molecule has 6 heteroatoms. The number of ketones is 1. The Morgan fingerprint density at radius 2 is 1.67 bits per heavy atom. The standard InChI is InChI=1S/C30H35NO5/c1-7-18(3)36-30(33)27-19(4)31-23-14-22(21-12-13-25(34-5)26(16-21)35-6)15-24(32)29(23)28(27)20-10-8-17(2)9-11-20/h8-13,16,18,22,28,31H,7,14-15H2,1-6H3/t18-,22+,28-/m1/s1. The number of esters is 1. The molecule has 0 saturated heterocycles. The minimum Gasteiger partial charge on any atom is -0.493 e. The van der Waals surface area contributed by atoms with Crippen LogP contribution < -0.4 is 14.8 Å². The third-order valence-electron chi connectivity index (χ3n) is 7.22. The van der Waals surface area contributed by atoms with Gasteiger partial charge in [-0.1, -0.05) is 42.8 Å². The summed E-state index contributed by atoms with van der Waals surface area (Å²) in [4.78, 5) is 27.1. The van der Waals surface area contributed by atoms with Gasteiger partial charge in [0.25, 0.3) is 0 Å². The Bertz CT molecular complexity index is 1220. The molecule has 0 fully saturated rings. The van der Waals surface area contributed by atoms with Gasteiger partial charge < -0.3 is 19.5 Å². The van der Waals surface area contributed by atoms with E-state index in [9.17, 15) is 9.59 Å². The third-order valence-corrected chi connectivity index (χ3v) is 7.22. The van der Waals surface area contributed by atoms with Gasteiger partial charge in [0.1, 0.15) is 0 Å². The lowest BCUT2D eigenvalue weighted by atomic mass is 9.71. The zero-order valence-electron chi connectivity index (χ0n) is 21.9. The summed E-state index contributed by atoms with van der Waals surface area (Å²) in [5.74, 6) is 0.488. The highest BCUT2D eigenvalue weighted by atomic mass is 16.5. The highest BCUT2D eigenvalue weighted by Gasteiger charge is 2.41. The van der Waals surface area contributed by atoms with Crippen molar-refractivity contribution < 1.29 is 23.8 Å². The first-order valence-corrected chi connectivity index (χ1v) is 12.5. The molecule has 1 aliphatic carbocycles. The molecule has 0 amide bonds. The van der Waals surface area contributed by atoms with Gasteiger partial charge in [-0.15, -0.1) is 0 Å². The van der Waals surface area contributed by atoms with Gasteiger partial charge in [-0.25, -0.2) is 4.79 Å². The highest BCUT2D eigenvalue weighted by molar-refractivity contribution is 6.04. The number of methoxy groups -OCH3 is 2. The van der Waals surface area contributed by atoms with Gasteiger partial charge in [-0.05, 0) is 62.8 Å². The van der Waals surface area contributed by atoms with E-state index >= 15 is 0 Å². The van der Waals surface area contributed by atoms with E-state index in [0.717, 1.165) is 34.5 Å². The van der Waals surface area contributed by atoms with Crippen LogP contribution >= 0.6 is 0 Å². The van der Waals surface area contributed by atoms with Gasteiger partial charge >= 0.3 is 5.97 Å². The summed E-state index contributed by atoms with van der Waals surface area (Å²) >= 11 is 0. The van der Waals surface area contributed by atoms with Crippen LogP contribution in [0.15, 0.2) is 65.0 Å². The monoisotopic (exact) mass is 489 g/mol. The van der Waals surface area contributed by atoms with Crippen molar-refractivity contribution in [1.29, 1.82) is 0 Å². The second kappa shape index (κ2) is 10.6. The lowest BCUT2D eigenvalue weighted by Crippen LogP contribution is -2.36. The summed E-state index contributed by atoms with van der Waals surface area (Å²) in [5.41, 5.74) is 5.83. The Balaban J connectivity index is 1.76. The van der Waals surface area contributed by atoms with Crippen LogP contribution in [0.4, 0.5) is 0 Å². The summed E-state index contributed by atoms with van der Waals surface area (Å²) < 4.78 is 16.6. The molecular formula is C30H35NO5. The van der Waals surface area contributed by atoms with Gasteiger partial charge in [-0.3, -0.25) is 4.79 Å². The van der Waals surface area contributed by atoms with E-state index in [1.165, 1.54) is 0 Å². The van der Waals surface area contributed by atoms with Crippen LogP contribution in [0.2, 0.25) is 0 Å². The molecule has 190 valence electrons. The Morgan fingerprint density at radius 3 is 2.31 bits per heavy atom. The van der Waals surface area contributed by atoms with E-state index in [1.807, 2.05) is 70.2 Å². The Kier molecular flexibility index (Phi) is 7.53. The molecule has 1 heterocycles. The summed E-state index contributed by atoms with van der Waals surface area (Å²) in [6.45, 7) is 7.78. The Hall–Kier alpha value is -3.54. The SMILES string of the molecule is CC[C@@H](C)OC(=O)C1=C(C)NC2=C(C(=O)C[C@@H](c3ccc(OC)c(OC)c3)C2)[C@@H]1c1ccc(C)cc1. The molecule has 0 radical (unpaired) electrons. The van der Waals surface area contributed by atoms with Crippen LogP contribution in [0.1, 0.15) is 68.6 Å². The molecule has 1 aliphatic heterocycles. The summed E-state index contributed by atoms with van der Waals surface area (Å²) in [7, 11) is 3.21. The van der Waals surface area contributed by atoms with Crippen molar-refractivity contribution in [3.8, 4) is 11.5 Å². The van der Waals surface area contributed by atoms with Crippen molar-refractivity contribution in [3.05, 3.63) is 81.7 Å². The number of aryl methyl sites for hydroxylation is 1. The number of allylic oxidation sites excluding steroid dienone is 3. The maximum atomic E-state index is 13.8. The number of carbonyl (C=O) groups is 2. The first kappa shape index (κ1) is 25.5. The van der Waals surface area contributed by atoms with Gasteiger partial charge in [-0.2, -0.15) is 0 Å². The van der Waals surface area contributed by atoms with Crippen LogP contribution in [0.5, 0.6) is 11.5 Å². The van der Waals surface area contributed by atoms with Crippen molar-refractivity contribution in [2.75, 3.05) is 14.2 Å². The zero-order valence-corrected chi connectivity index (χ0v) is 21.9. The van der Waals surface area contributed by atoms with Crippen molar-refractivity contribution in [2.24, 2.45) is 0 Å². The first-order chi connectivity index (χ1) is 17.3. The number of ether oxygens (including phenoxy) is 3. The molecule has 2 aromatic rings. The van der Waals surface area contributed by atoms with Crippen LogP contribution in [-0.4, -0.2) is 32.1 Å². The third kappa shape index (κ3) is 4.90. The van der Waals surface area contributed by atoms with Crippen molar-refractivity contribution in [2.45, 2.75) is 64.9 Å². The van der Waals surface area contributed by atoms with E-state index in [4.69, 9.17) is 14.2 Å². The second-order valence-electron chi connectivity index (χ2n) is 9.67. The van der Waals surface area contributed by atoms with Crippen molar-refractivity contribution in [3.63, 3.8) is 0 Å². The van der Waals surface area contributed by atoms with Crippen molar-refractivity contribution >= 4 is 11.8 Å². The predicted molar refractivity (Wildman–Crippen MR) is 139 cm³/mol. The number of carbonyl (C=O) groups excluding carboxylic acids is 2. The molecule has 1 N–H and O–H groups in total. The minimum atomic E-state index is -0.461. The molecule has 6 nitrogen and oxygen atoms in total. The average molecular weight is 490 g/mol. The molecule has 0 unspecified atom stereocenters. The number of dihydropyridines is 1. The smallest absolute Gasteiger partial charge is 0.337 e. The quantitative estimate of drug-likeness (QED) is 0.502. The predicted octanol–water partition coefficient (Wildman–Crippen LogP) is 5.72. The van der Waals surface area contributed by atoms with E-state index < -0.39 is 5.92 Å². The molecule has 0 spiro atoms. The number of benzene rings is 2. The molecule has 0 bridgehead atoms. The molecule has 3 atom stereocenters. The largest absolute Gasteiger partial charge is 0.493 e. The summed E-state index contributed by atoms with van der Waals surface area (Å²) in [5, 5.41) is 3.41. The number of hydrogen-bond donors (Lipinski definition) is 1. The van der Waals surface area contributed by atoms with E-state index in [0.29, 0.717) is 35.5 Å². The van der Waals surface area contributed by atoms with Gasteiger partial charge in [0.05, 0.1) is 25.9 Å². The first-order valence-electron chi connectivity index (χ1n) is 12.5. The van der Waals surface area contributed by atoms with Crippen LogP contribution in [0.25, 0.3) is 0 Å². The summed E-state index contributed by atoms with van der Waals surface area (Å²) in [6, 6.07) is 13.9. The fourth-order valence-electron chi connectivity index (χ4n) is 5.07. The lowest BCUT2D eigenvalue weighted by Gasteiger charge is -2.37. The topological polar surface area (TPSA) is 73.9 Å². The fourth-order valence-corrected chi connectivity index (χ4v) is 5.07. The average Bonchev–Trinajstić information content (AvgIpc) is 2.87. The van der Waals surface area contributed by atoms with Crippen molar-refractivity contribution in [1.82, 2.24) is 5.32 Å². The molecule has 36 heavy (non-hydrogen) atoms. The molecule has 4 rings (SSSR count). The van der Waals surface area contributed by atoms with Gasteiger partial charge in [0, 0.05) is 29.3 Å². The number of rotatable bonds is 7. The molecular weight excluding hydrogens is 454 g/mol. The summed E-state index contributed by atoms with van der Waals surface area (Å²) in [6.07, 6.45) is 1.53. The maximum absolute atomic E-state index is 13.8. The fraction of sp³-hybridized carbons (Fsp3) is 0.400. The Morgan fingerprint density at radius 1 is 1.00 bits per heavy atom. The van der Waals surface area contributed by atoms with Crippen LogP contribution in [-0.2, 0) is 14.3 Å². The number of nitrogens with one attached hydrogen (secondary N) is 1. The molecule has 2 aliphatic rings. The van der Waals surface area contributed by atoms with Gasteiger partial charge in [0.15, 0.2) is 17.3 Å². The zero-order chi connectivity index (χ0) is 26.0. The minimum absolute atomic E-state index is 0.0105. The van der Waals surface area contributed by atoms with E-state index in [-0.39, 0.29) is 23.8 Å². The second-order valence-corrected chi connectivity index (χ2v) is 9.67. The van der Waals surface area contributed by atoms with Crippen LogP contribution in [0, 0.1) is 6.92 Å². The lowest BCUT2D eigenvalue weighted by molar-refractivity contribution is -0.144. The molecule has 0 aromatic heterocycles. The molecule has 0 saturated carbocycles.